The van der Waals surface area contributed by atoms with Crippen LogP contribution in [0, 0.1) is 17.7 Å². The van der Waals surface area contributed by atoms with Crippen molar-refractivity contribution in [2.45, 2.75) is 63.0 Å². The zero-order valence-corrected chi connectivity index (χ0v) is 19.0. The number of alkyl halides is 1. The van der Waals surface area contributed by atoms with Gasteiger partial charge in [-0.1, -0.05) is 0 Å². The van der Waals surface area contributed by atoms with Crippen LogP contribution in [0.3, 0.4) is 0 Å². The third-order valence-electron chi connectivity index (χ3n) is 7.04. The number of aliphatic carboxylic acids is 1. The second-order valence-electron chi connectivity index (χ2n) is 9.40. The van der Waals surface area contributed by atoms with Crippen molar-refractivity contribution in [3.05, 3.63) is 47.5 Å². The van der Waals surface area contributed by atoms with Gasteiger partial charge >= 0.3 is 5.97 Å². The lowest BCUT2D eigenvalue weighted by atomic mass is 9.79. The SMILES string of the molecule is COc1cc(C2CCC(COc3cc(C(C4CC4)C(C)(F)C(=O)O)ccn3)CC2)c(F)cn1. The van der Waals surface area contributed by atoms with Gasteiger partial charge in [0.2, 0.25) is 17.4 Å². The molecule has 1 N–H and O–H groups in total. The summed E-state index contributed by atoms with van der Waals surface area (Å²) < 4.78 is 40.3. The Morgan fingerprint density at radius 1 is 1.18 bits per heavy atom. The third-order valence-corrected chi connectivity index (χ3v) is 7.04. The van der Waals surface area contributed by atoms with Crippen molar-refractivity contribution in [1.29, 1.82) is 0 Å². The number of nitrogens with zero attached hydrogens (tertiary/aromatic N) is 2. The summed E-state index contributed by atoms with van der Waals surface area (Å²) in [5.74, 6) is -1.22. The van der Waals surface area contributed by atoms with E-state index in [2.05, 4.69) is 9.97 Å². The zero-order valence-electron chi connectivity index (χ0n) is 19.0. The molecule has 2 atom stereocenters. The van der Waals surface area contributed by atoms with Gasteiger partial charge in [0.1, 0.15) is 5.82 Å². The maximum Gasteiger partial charge on any atom is 0.341 e. The highest BCUT2D eigenvalue weighted by atomic mass is 19.1. The average Bonchev–Trinajstić information content (AvgIpc) is 3.63. The Kier molecular flexibility index (Phi) is 6.81. The van der Waals surface area contributed by atoms with Crippen LogP contribution >= 0.6 is 0 Å². The van der Waals surface area contributed by atoms with E-state index in [1.54, 1.807) is 24.4 Å². The van der Waals surface area contributed by atoms with E-state index in [9.17, 15) is 14.3 Å². The van der Waals surface area contributed by atoms with Crippen LogP contribution in [0.5, 0.6) is 11.8 Å². The predicted octanol–water partition coefficient (Wildman–Crippen LogP) is 5.28. The highest BCUT2D eigenvalue weighted by Gasteiger charge is 2.50. The number of ether oxygens (including phenoxy) is 2. The molecule has 4 rings (SSSR count). The molecule has 2 aliphatic carbocycles. The van der Waals surface area contributed by atoms with Gasteiger partial charge in [0, 0.05) is 24.2 Å². The Morgan fingerprint density at radius 3 is 2.55 bits per heavy atom. The maximum atomic E-state index is 15.0. The Labute approximate surface area is 192 Å². The number of carboxylic acids is 1. The Bertz CT molecular complexity index is 988. The van der Waals surface area contributed by atoms with Crippen molar-refractivity contribution in [2.75, 3.05) is 13.7 Å². The van der Waals surface area contributed by atoms with E-state index in [-0.39, 0.29) is 17.7 Å². The van der Waals surface area contributed by atoms with Crippen molar-refractivity contribution < 1.29 is 28.2 Å². The van der Waals surface area contributed by atoms with E-state index in [1.807, 2.05) is 0 Å². The molecular formula is C25H30F2N2O4. The van der Waals surface area contributed by atoms with Crippen LogP contribution in [0.1, 0.15) is 68.4 Å². The van der Waals surface area contributed by atoms with Gasteiger partial charge in [0.15, 0.2) is 0 Å². The molecule has 0 saturated heterocycles. The summed E-state index contributed by atoms with van der Waals surface area (Å²) >= 11 is 0. The average molecular weight is 461 g/mol. The van der Waals surface area contributed by atoms with Crippen LogP contribution in [0.15, 0.2) is 30.6 Å². The second-order valence-corrected chi connectivity index (χ2v) is 9.40. The molecule has 2 heterocycles. The minimum atomic E-state index is -2.34. The Balaban J connectivity index is 1.36. The molecule has 2 fully saturated rings. The first-order chi connectivity index (χ1) is 15.8. The summed E-state index contributed by atoms with van der Waals surface area (Å²) in [6.07, 6.45) is 7.87. The zero-order chi connectivity index (χ0) is 23.6. The molecule has 33 heavy (non-hydrogen) atoms. The topological polar surface area (TPSA) is 81.5 Å². The molecule has 0 aliphatic heterocycles. The lowest BCUT2D eigenvalue weighted by molar-refractivity contribution is -0.151. The van der Waals surface area contributed by atoms with Crippen LogP contribution in [-0.4, -0.2) is 40.4 Å². The second kappa shape index (κ2) is 9.61. The fourth-order valence-corrected chi connectivity index (χ4v) is 4.99. The molecule has 0 radical (unpaired) electrons. The number of carboxylic acid groups (broad SMARTS) is 1. The molecule has 2 aliphatic rings. The minimum absolute atomic E-state index is 0.0221. The molecule has 2 aromatic heterocycles. The predicted molar refractivity (Wildman–Crippen MR) is 118 cm³/mol. The largest absolute Gasteiger partial charge is 0.481 e. The van der Waals surface area contributed by atoms with Gasteiger partial charge in [0.25, 0.3) is 0 Å². The first kappa shape index (κ1) is 23.4. The van der Waals surface area contributed by atoms with Crippen LogP contribution < -0.4 is 9.47 Å². The summed E-state index contributed by atoms with van der Waals surface area (Å²) in [7, 11) is 1.52. The first-order valence-corrected chi connectivity index (χ1v) is 11.5. The first-order valence-electron chi connectivity index (χ1n) is 11.5. The molecule has 2 saturated carbocycles. The van der Waals surface area contributed by atoms with Gasteiger partial charge in [-0.25, -0.2) is 23.5 Å². The summed E-state index contributed by atoms with van der Waals surface area (Å²) in [6.45, 7) is 1.60. The molecule has 8 heteroatoms. The Hall–Kier alpha value is -2.77. The monoisotopic (exact) mass is 460 g/mol. The van der Waals surface area contributed by atoms with Gasteiger partial charge in [0.05, 0.1) is 19.9 Å². The maximum absolute atomic E-state index is 15.0. The van der Waals surface area contributed by atoms with Crippen molar-refractivity contribution in [3.8, 4) is 11.8 Å². The molecule has 2 unspecified atom stereocenters. The summed E-state index contributed by atoms with van der Waals surface area (Å²) in [5.41, 5.74) is -1.08. The molecule has 0 aromatic carbocycles. The van der Waals surface area contributed by atoms with E-state index >= 15 is 4.39 Å². The van der Waals surface area contributed by atoms with Crippen LogP contribution in [0.2, 0.25) is 0 Å². The van der Waals surface area contributed by atoms with E-state index in [1.165, 1.54) is 13.3 Å². The Morgan fingerprint density at radius 2 is 1.91 bits per heavy atom. The number of rotatable bonds is 9. The van der Waals surface area contributed by atoms with Gasteiger partial charge in [-0.3, -0.25) is 0 Å². The van der Waals surface area contributed by atoms with Crippen molar-refractivity contribution in [2.24, 2.45) is 11.8 Å². The smallest absolute Gasteiger partial charge is 0.341 e. The number of aromatic nitrogens is 2. The highest BCUT2D eigenvalue weighted by molar-refractivity contribution is 5.78. The van der Waals surface area contributed by atoms with Gasteiger partial charge in [-0.05, 0) is 80.4 Å². The fourth-order valence-electron chi connectivity index (χ4n) is 4.99. The standard InChI is InChI=1S/C25H30F2N2O4/c1-25(27,24(30)31)23(17-7-8-17)18-9-10-28-22(11-18)33-14-15-3-5-16(6-4-15)19-12-21(32-2)29-13-20(19)26/h9-13,15-17,23H,3-8,14H2,1-2H3,(H,30,31). The normalized spacial score (nSPS) is 23.4. The van der Waals surface area contributed by atoms with Crippen molar-refractivity contribution >= 4 is 5.97 Å². The molecule has 2 aromatic rings. The quantitative estimate of drug-likeness (QED) is 0.548. The summed E-state index contributed by atoms with van der Waals surface area (Å²) in [4.78, 5) is 19.7. The highest BCUT2D eigenvalue weighted by Crippen LogP contribution is 2.50. The van der Waals surface area contributed by atoms with Crippen molar-refractivity contribution in [3.63, 3.8) is 0 Å². The van der Waals surface area contributed by atoms with E-state index in [0.717, 1.165) is 45.4 Å². The van der Waals surface area contributed by atoms with E-state index in [0.29, 0.717) is 35.4 Å². The van der Waals surface area contributed by atoms with Crippen LogP contribution in [0.25, 0.3) is 0 Å². The van der Waals surface area contributed by atoms with Gasteiger partial charge < -0.3 is 14.6 Å². The molecule has 178 valence electrons. The molecule has 6 nitrogen and oxygen atoms in total. The third kappa shape index (κ3) is 5.25. The minimum Gasteiger partial charge on any atom is -0.481 e. The number of hydrogen-bond donors (Lipinski definition) is 1. The number of hydrogen-bond acceptors (Lipinski definition) is 5. The number of methoxy groups -OCH3 is 1. The molecule has 0 spiro atoms. The van der Waals surface area contributed by atoms with Gasteiger partial charge in [-0.15, -0.1) is 0 Å². The van der Waals surface area contributed by atoms with Crippen molar-refractivity contribution in [1.82, 2.24) is 9.97 Å². The van der Waals surface area contributed by atoms with Crippen LogP contribution in [-0.2, 0) is 4.79 Å². The number of carbonyl (C=O) groups is 1. The number of halogens is 2. The summed E-state index contributed by atoms with van der Waals surface area (Å²) in [5, 5.41) is 9.39. The van der Waals surface area contributed by atoms with E-state index < -0.39 is 17.6 Å². The molecule has 0 amide bonds. The lowest BCUT2D eigenvalue weighted by Gasteiger charge is -2.29. The number of pyridine rings is 2. The summed E-state index contributed by atoms with van der Waals surface area (Å²) in [6, 6.07) is 5.03. The van der Waals surface area contributed by atoms with Crippen LogP contribution in [0.4, 0.5) is 8.78 Å². The molecular weight excluding hydrogens is 430 g/mol. The molecule has 0 bridgehead atoms. The van der Waals surface area contributed by atoms with E-state index in [4.69, 9.17) is 9.47 Å². The van der Waals surface area contributed by atoms with Gasteiger partial charge in [-0.2, -0.15) is 0 Å². The fraction of sp³-hybridized carbons (Fsp3) is 0.560. The lowest BCUT2D eigenvalue weighted by Crippen LogP contribution is -2.38.